The highest BCUT2D eigenvalue weighted by Gasteiger charge is 2.35. The summed E-state index contributed by atoms with van der Waals surface area (Å²) < 4.78 is 3.22. The van der Waals surface area contributed by atoms with Crippen molar-refractivity contribution in [3.8, 4) is 5.69 Å². The topological polar surface area (TPSA) is 64.2 Å². The SMILES string of the molecule is Cc1cn(C)c(=O)n1-c1ccccc1C(CC(=O)O)C1CC1. The first kappa shape index (κ1) is 14.6. The monoisotopic (exact) mass is 300 g/mol. The first-order valence-electron chi connectivity index (χ1n) is 7.55. The van der Waals surface area contributed by atoms with Crippen LogP contribution in [0.15, 0.2) is 35.3 Å². The lowest BCUT2D eigenvalue weighted by atomic mass is 9.89. The minimum Gasteiger partial charge on any atom is -0.481 e. The van der Waals surface area contributed by atoms with Gasteiger partial charge in [0, 0.05) is 18.9 Å². The summed E-state index contributed by atoms with van der Waals surface area (Å²) in [5, 5.41) is 9.22. The third-order valence-electron chi connectivity index (χ3n) is 4.39. The Morgan fingerprint density at radius 3 is 2.59 bits per heavy atom. The standard InChI is InChI=1S/C17H20N2O3/c1-11-10-18(2)17(22)19(11)15-6-4-3-5-13(15)14(9-16(20)21)12-7-8-12/h3-6,10,12,14H,7-9H2,1-2H3,(H,20,21). The van der Waals surface area contributed by atoms with Gasteiger partial charge >= 0.3 is 11.7 Å². The number of carboxylic acid groups (broad SMARTS) is 1. The Balaban J connectivity index is 2.13. The van der Waals surface area contributed by atoms with Gasteiger partial charge in [-0.2, -0.15) is 0 Å². The quantitative estimate of drug-likeness (QED) is 0.922. The van der Waals surface area contributed by atoms with E-state index in [-0.39, 0.29) is 18.0 Å². The molecule has 1 N–H and O–H groups in total. The molecule has 116 valence electrons. The maximum Gasteiger partial charge on any atom is 0.332 e. The van der Waals surface area contributed by atoms with Crippen molar-refractivity contribution < 1.29 is 9.90 Å². The van der Waals surface area contributed by atoms with Gasteiger partial charge in [-0.3, -0.25) is 9.36 Å². The van der Waals surface area contributed by atoms with Gasteiger partial charge in [0.15, 0.2) is 0 Å². The molecule has 5 heteroatoms. The Hall–Kier alpha value is -2.30. The number of carboxylic acids is 1. The van der Waals surface area contributed by atoms with E-state index in [2.05, 4.69) is 0 Å². The molecule has 2 aromatic rings. The molecule has 0 bridgehead atoms. The summed E-state index contributed by atoms with van der Waals surface area (Å²) in [6.45, 7) is 1.89. The van der Waals surface area contributed by atoms with Gasteiger partial charge in [0.05, 0.1) is 12.1 Å². The van der Waals surface area contributed by atoms with Crippen molar-refractivity contribution in [3.63, 3.8) is 0 Å². The van der Waals surface area contributed by atoms with E-state index in [0.29, 0.717) is 5.92 Å². The summed E-state index contributed by atoms with van der Waals surface area (Å²) in [7, 11) is 1.73. The first-order valence-corrected chi connectivity index (χ1v) is 7.55. The Bertz CT molecular complexity index is 768. The number of rotatable bonds is 5. The molecule has 1 unspecified atom stereocenters. The molecule has 1 aromatic heterocycles. The third-order valence-corrected chi connectivity index (χ3v) is 4.39. The molecule has 1 heterocycles. The van der Waals surface area contributed by atoms with Gasteiger partial charge in [-0.05, 0) is 43.2 Å². The van der Waals surface area contributed by atoms with Crippen molar-refractivity contribution in [2.75, 3.05) is 0 Å². The summed E-state index contributed by atoms with van der Waals surface area (Å²) in [6.07, 6.45) is 4.04. The van der Waals surface area contributed by atoms with Gasteiger partial charge in [-0.1, -0.05) is 18.2 Å². The van der Waals surface area contributed by atoms with Crippen LogP contribution in [0.4, 0.5) is 0 Å². The summed E-state index contributed by atoms with van der Waals surface area (Å²) >= 11 is 0. The largest absolute Gasteiger partial charge is 0.481 e. The molecule has 1 fully saturated rings. The number of para-hydroxylation sites is 1. The molecule has 3 rings (SSSR count). The Kier molecular flexibility index (Phi) is 3.64. The van der Waals surface area contributed by atoms with Crippen molar-refractivity contribution in [3.05, 3.63) is 52.2 Å². The van der Waals surface area contributed by atoms with E-state index in [0.717, 1.165) is 29.8 Å². The number of nitrogens with zero attached hydrogens (tertiary/aromatic N) is 2. The minimum absolute atomic E-state index is 0.0276. The van der Waals surface area contributed by atoms with E-state index in [9.17, 15) is 14.7 Å². The van der Waals surface area contributed by atoms with Crippen LogP contribution < -0.4 is 5.69 Å². The zero-order valence-corrected chi connectivity index (χ0v) is 12.8. The van der Waals surface area contributed by atoms with Gasteiger partial charge in [0.2, 0.25) is 0 Å². The maximum absolute atomic E-state index is 12.4. The predicted octanol–water partition coefficient (Wildman–Crippen LogP) is 2.45. The van der Waals surface area contributed by atoms with E-state index in [1.54, 1.807) is 22.4 Å². The van der Waals surface area contributed by atoms with Crippen molar-refractivity contribution >= 4 is 5.97 Å². The molecule has 22 heavy (non-hydrogen) atoms. The number of benzene rings is 1. The molecule has 0 aliphatic heterocycles. The fourth-order valence-corrected chi connectivity index (χ4v) is 3.22. The molecule has 1 aromatic carbocycles. The lowest BCUT2D eigenvalue weighted by molar-refractivity contribution is -0.137. The second kappa shape index (κ2) is 5.48. The van der Waals surface area contributed by atoms with Crippen LogP contribution >= 0.6 is 0 Å². The number of aryl methyl sites for hydroxylation is 2. The maximum atomic E-state index is 12.4. The molecule has 0 saturated heterocycles. The van der Waals surface area contributed by atoms with E-state index in [4.69, 9.17) is 0 Å². The fourth-order valence-electron chi connectivity index (χ4n) is 3.22. The average Bonchev–Trinajstić information content (AvgIpc) is 3.26. The van der Waals surface area contributed by atoms with E-state index >= 15 is 0 Å². The van der Waals surface area contributed by atoms with Crippen LogP contribution in [-0.2, 0) is 11.8 Å². The lowest BCUT2D eigenvalue weighted by Gasteiger charge is -2.19. The molecule has 1 aliphatic carbocycles. The van der Waals surface area contributed by atoms with Gasteiger partial charge in [-0.25, -0.2) is 4.79 Å². The van der Waals surface area contributed by atoms with Crippen molar-refractivity contribution in [2.45, 2.75) is 32.1 Å². The van der Waals surface area contributed by atoms with Gasteiger partial charge in [-0.15, -0.1) is 0 Å². The second-order valence-electron chi connectivity index (χ2n) is 6.10. The Labute approximate surface area is 128 Å². The lowest BCUT2D eigenvalue weighted by Crippen LogP contribution is -2.23. The molecule has 1 aliphatic rings. The van der Waals surface area contributed by atoms with Gasteiger partial charge in [0.1, 0.15) is 0 Å². The van der Waals surface area contributed by atoms with Crippen LogP contribution in [0.5, 0.6) is 0 Å². The van der Waals surface area contributed by atoms with Crippen LogP contribution in [0.2, 0.25) is 0 Å². The van der Waals surface area contributed by atoms with Crippen molar-refractivity contribution in [1.82, 2.24) is 9.13 Å². The third kappa shape index (κ3) is 2.58. The van der Waals surface area contributed by atoms with Gasteiger partial charge in [0.25, 0.3) is 0 Å². The molecule has 5 nitrogen and oxygen atoms in total. The predicted molar refractivity (Wildman–Crippen MR) is 83.5 cm³/mol. The number of aliphatic carboxylic acids is 1. The van der Waals surface area contributed by atoms with E-state index in [1.165, 1.54) is 0 Å². The summed E-state index contributed by atoms with van der Waals surface area (Å²) in [6, 6.07) is 7.67. The number of hydrogen-bond acceptors (Lipinski definition) is 2. The smallest absolute Gasteiger partial charge is 0.332 e. The molecule has 0 radical (unpaired) electrons. The number of aromatic nitrogens is 2. The zero-order chi connectivity index (χ0) is 15.9. The molecule has 0 amide bonds. The second-order valence-corrected chi connectivity index (χ2v) is 6.10. The van der Waals surface area contributed by atoms with Crippen molar-refractivity contribution in [2.24, 2.45) is 13.0 Å². The van der Waals surface area contributed by atoms with Crippen LogP contribution in [-0.4, -0.2) is 20.2 Å². The van der Waals surface area contributed by atoms with Crippen LogP contribution in [0, 0.1) is 12.8 Å². The Morgan fingerprint density at radius 1 is 1.36 bits per heavy atom. The molecule has 1 atom stereocenters. The summed E-state index contributed by atoms with van der Waals surface area (Å²) in [4.78, 5) is 23.6. The molecular formula is C17H20N2O3. The van der Waals surface area contributed by atoms with Crippen molar-refractivity contribution in [1.29, 1.82) is 0 Å². The molecule has 0 spiro atoms. The van der Waals surface area contributed by atoms with Gasteiger partial charge < -0.3 is 9.67 Å². The van der Waals surface area contributed by atoms with Crippen LogP contribution in [0.3, 0.4) is 0 Å². The average molecular weight is 300 g/mol. The number of hydrogen-bond donors (Lipinski definition) is 1. The highest BCUT2D eigenvalue weighted by Crippen LogP contribution is 2.45. The fraction of sp³-hybridized carbons (Fsp3) is 0.412. The van der Waals surface area contributed by atoms with E-state index in [1.807, 2.05) is 31.2 Å². The van der Waals surface area contributed by atoms with Crippen LogP contribution in [0.25, 0.3) is 5.69 Å². The Morgan fingerprint density at radius 2 is 2.05 bits per heavy atom. The van der Waals surface area contributed by atoms with Crippen LogP contribution in [0.1, 0.15) is 36.4 Å². The first-order chi connectivity index (χ1) is 10.5. The zero-order valence-electron chi connectivity index (χ0n) is 12.8. The highest BCUT2D eigenvalue weighted by molar-refractivity contribution is 5.68. The minimum atomic E-state index is -0.788. The highest BCUT2D eigenvalue weighted by atomic mass is 16.4. The molecule has 1 saturated carbocycles. The number of imidazole rings is 1. The molecular weight excluding hydrogens is 280 g/mol. The summed E-state index contributed by atoms with van der Waals surface area (Å²) in [5.41, 5.74) is 2.52. The normalized spacial score (nSPS) is 15.7. The van der Waals surface area contributed by atoms with E-state index < -0.39 is 5.97 Å². The summed E-state index contributed by atoms with van der Waals surface area (Å²) in [5.74, 6) is -0.402. The number of carbonyl (C=O) groups is 1.